The fourth-order valence-corrected chi connectivity index (χ4v) is 2.55. The molecule has 2 N–H and O–H groups in total. The number of pyridine rings is 1. The zero-order valence-corrected chi connectivity index (χ0v) is 14.4. The number of rotatable bonds is 5. The Hall–Kier alpha value is -1.62. The molecular weight excluding hydrogens is 333 g/mol. The summed E-state index contributed by atoms with van der Waals surface area (Å²) in [6, 6.07) is 10.3. The molecule has 23 heavy (non-hydrogen) atoms. The number of amides is 1. The van der Waals surface area contributed by atoms with Crippen LogP contribution in [0.1, 0.15) is 28.7 Å². The van der Waals surface area contributed by atoms with Gasteiger partial charge >= 0.3 is 0 Å². The average molecular weight is 354 g/mol. The first kappa shape index (κ1) is 19.4. The lowest BCUT2D eigenvalue weighted by Crippen LogP contribution is -2.23. The van der Waals surface area contributed by atoms with Crippen molar-refractivity contribution in [1.82, 2.24) is 15.6 Å². The second-order valence-corrected chi connectivity index (χ2v) is 5.34. The predicted molar refractivity (Wildman–Crippen MR) is 95.9 cm³/mol. The molecule has 1 aromatic heterocycles. The van der Waals surface area contributed by atoms with E-state index in [1.54, 1.807) is 12.4 Å². The van der Waals surface area contributed by atoms with Gasteiger partial charge in [0.1, 0.15) is 0 Å². The van der Waals surface area contributed by atoms with E-state index in [2.05, 4.69) is 33.8 Å². The molecule has 0 radical (unpaired) electrons. The maximum Gasteiger partial charge on any atom is 0.220 e. The van der Waals surface area contributed by atoms with E-state index in [4.69, 9.17) is 0 Å². The van der Waals surface area contributed by atoms with Crippen molar-refractivity contribution in [3.8, 4) is 0 Å². The molecule has 0 unspecified atom stereocenters. The Balaban J connectivity index is 0.00000132. The van der Waals surface area contributed by atoms with Gasteiger partial charge in [0, 0.05) is 38.4 Å². The number of nitrogens with one attached hydrogen (secondary N) is 2. The fourth-order valence-electron chi connectivity index (χ4n) is 2.55. The van der Waals surface area contributed by atoms with E-state index in [-0.39, 0.29) is 30.7 Å². The summed E-state index contributed by atoms with van der Waals surface area (Å²) in [7, 11) is 0. The zero-order valence-electron chi connectivity index (χ0n) is 12.7. The maximum absolute atomic E-state index is 11.9. The monoisotopic (exact) mass is 353 g/mol. The third-order valence-electron chi connectivity index (χ3n) is 3.78. The van der Waals surface area contributed by atoms with Crippen molar-refractivity contribution in [2.45, 2.75) is 32.5 Å². The standard InChI is InChI=1S/C17H19N3O.2ClH/c21-17(4-2-13-5-7-18-8-6-13)20-10-14-1-3-15-11-19-12-16(15)9-14;;/h1,3,5-9,19H,2,4,10-12H2,(H,20,21);2*1H. The van der Waals surface area contributed by atoms with E-state index in [9.17, 15) is 4.79 Å². The summed E-state index contributed by atoms with van der Waals surface area (Å²) in [6.07, 6.45) is 4.77. The molecule has 0 fully saturated rings. The Kier molecular flexibility index (Phi) is 8.03. The molecule has 1 aliphatic heterocycles. The first-order valence-corrected chi connectivity index (χ1v) is 7.28. The largest absolute Gasteiger partial charge is 0.352 e. The van der Waals surface area contributed by atoms with Crippen molar-refractivity contribution in [2.75, 3.05) is 0 Å². The number of benzene rings is 1. The van der Waals surface area contributed by atoms with Crippen molar-refractivity contribution in [1.29, 1.82) is 0 Å². The third-order valence-corrected chi connectivity index (χ3v) is 3.78. The molecule has 0 spiro atoms. The van der Waals surface area contributed by atoms with Gasteiger partial charge in [0.25, 0.3) is 0 Å². The third kappa shape index (κ3) is 5.50. The summed E-state index contributed by atoms with van der Waals surface area (Å²) in [5.74, 6) is 0.0884. The van der Waals surface area contributed by atoms with Crippen LogP contribution in [0.25, 0.3) is 0 Å². The molecule has 4 nitrogen and oxygen atoms in total. The van der Waals surface area contributed by atoms with Gasteiger partial charge in [-0.3, -0.25) is 9.78 Å². The first-order chi connectivity index (χ1) is 10.3. The van der Waals surface area contributed by atoms with E-state index in [0.29, 0.717) is 13.0 Å². The zero-order chi connectivity index (χ0) is 14.5. The minimum absolute atomic E-state index is 0. The quantitative estimate of drug-likeness (QED) is 0.868. The minimum Gasteiger partial charge on any atom is -0.352 e. The van der Waals surface area contributed by atoms with Gasteiger partial charge in [-0.15, -0.1) is 24.8 Å². The molecule has 6 heteroatoms. The Bertz CT molecular complexity index is 635. The molecule has 0 atom stereocenters. The molecule has 2 heterocycles. The van der Waals surface area contributed by atoms with Crippen molar-refractivity contribution >= 4 is 30.7 Å². The maximum atomic E-state index is 11.9. The molecule has 3 rings (SSSR count). The normalized spacial score (nSPS) is 11.8. The van der Waals surface area contributed by atoms with Crippen molar-refractivity contribution in [2.24, 2.45) is 0 Å². The number of hydrogen-bond donors (Lipinski definition) is 2. The van der Waals surface area contributed by atoms with Gasteiger partial charge < -0.3 is 10.6 Å². The highest BCUT2D eigenvalue weighted by Crippen LogP contribution is 2.16. The van der Waals surface area contributed by atoms with Crippen LogP contribution in [-0.2, 0) is 30.8 Å². The number of hydrogen-bond acceptors (Lipinski definition) is 3. The molecule has 0 bridgehead atoms. The highest BCUT2D eigenvalue weighted by molar-refractivity contribution is 5.85. The fraction of sp³-hybridized carbons (Fsp3) is 0.294. The second kappa shape index (κ2) is 9.50. The van der Waals surface area contributed by atoms with Crippen LogP contribution in [0.15, 0.2) is 42.7 Å². The summed E-state index contributed by atoms with van der Waals surface area (Å²) in [5, 5.41) is 6.31. The van der Waals surface area contributed by atoms with Crippen LogP contribution in [-0.4, -0.2) is 10.9 Å². The van der Waals surface area contributed by atoms with Crippen LogP contribution in [0.5, 0.6) is 0 Å². The van der Waals surface area contributed by atoms with Gasteiger partial charge in [-0.1, -0.05) is 18.2 Å². The molecule has 1 aromatic carbocycles. The number of aryl methyl sites for hydroxylation is 1. The number of nitrogens with zero attached hydrogens (tertiary/aromatic N) is 1. The van der Waals surface area contributed by atoms with Crippen molar-refractivity contribution in [3.63, 3.8) is 0 Å². The molecular formula is C17H21Cl2N3O. The van der Waals surface area contributed by atoms with Gasteiger partial charge in [-0.05, 0) is 40.8 Å². The Morgan fingerprint density at radius 3 is 2.57 bits per heavy atom. The summed E-state index contributed by atoms with van der Waals surface area (Å²) in [6.45, 7) is 2.48. The van der Waals surface area contributed by atoms with E-state index >= 15 is 0 Å². The van der Waals surface area contributed by atoms with Crippen LogP contribution < -0.4 is 10.6 Å². The topological polar surface area (TPSA) is 54.0 Å². The number of aromatic nitrogens is 1. The van der Waals surface area contributed by atoms with E-state index in [1.165, 1.54) is 11.1 Å². The molecule has 0 saturated heterocycles. The van der Waals surface area contributed by atoms with Crippen LogP contribution in [0, 0.1) is 0 Å². The van der Waals surface area contributed by atoms with E-state index in [0.717, 1.165) is 30.6 Å². The SMILES string of the molecule is Cl.Cl.O=C(CCc1ccncc1)NCc1ccc2c(c1)CNC2. The smallest absolute Gasteiger partial charge is 0.220 e. The van der Waals surface area contributed by atoms with Gasteiger partial charge in [0.2, 0.25) is 5.91 Å². The molecule has 0 saturated carbocycles. The highest BCUT2D eigenvalue weighted by atomic mass is 35.5. The summed E-state index contributed by atoms with van der Waals surface area (Å²) >= 11 is 0. The predicted octanol–water partition coefficient (Wildman–Crippen LogP) is 2.78. The van der Waals surface area contributed by atoms with E-state index in [1.807, 2.05) is 12.1 Å². The molecule has 0 aliphatic carbocycles. The Labute approximate surface area is 148 Å². The summed E-state index contributed by atoms with van der Waals surface area (Å²) in [4.78, 5) is 15.9. The molecule has 1 amide bonds. The molecule has 124 valence electrons. The van der Waals surface area contributed by atoms with Crippen LogP contribution >= 0.6 is 24.8 Å². The van der Waals surface area contributed by atoms with Gasteiger partial charge in [-0.25, -0.2) is 0 Å². The lowest BCUT2D eigenvalue weighted by molar-refractivity contribution is -0.121. The number of carbonyl (C=O) groups is 1. The number of fused-ring (bicyclic) bond motifs is 1. The number of carbonyl (C=O) groups excluding carboxylic acids is 1. The molecule has 2 aromatic rings. The lowest BCUT2D eigenvalue weighted by atomic mass is 10.1. The lowest BCUT2D eigenvalue weighted by Gasteiger charge is -2.07. The summed E-state index contributed by atoms with van der Waals surface area (Å²) in [5.41, 5.74) is 5.01. The van der Waals surface area contributed by atoms with Gasteiger partial charge in [0.15, 0.2) is 0 Å². The van der Waals surface area contributed by atoms with Gasteiger partial charge in [-0.2, -0.15) is 0 Å². The highest BCUT2D eigenvalue weighted by Gasteiger charge is 2.10. The number of halogens is 2. The first-order valence-electron chi connectivity index (χ1n) is 7.28. The van der Waals surface area contributed by atoms with Crippen LogP contribution in [0.2, 0.25) is 0 Å². The van der Waals surface area contributed by atoms with E-state index < -0.39 is 0 Å². The van der Waals surface area contributed by atoms with Crippen molar-refractivity contribution < 1.29 is 4.79 Å². The van der Waals surface area contributed by atoms with Crippen LogP contribution in [0.3, 0.4) is 0 Å². The summed E-state index contributed by atoms with van der Waals surface area (Å²) < 4.78 is 0. The average Bonchev–Trinajstić information content (AvgIpc) is 2.99. The van der Waals surface area contributed by atoms with Crippen molar-refractivity contribution in [3.05, 3.63) is 65.0 Å². The Morgan fingerprint density at radius 1 is 1.04 bits per heavy atom. The van der Waals surface area contributed by atoms with Gasteiger partial charge in [0.05, 0.1) is 0 Å². The minimum atomic E-state index is 0. The van der Waals surface area contributed by atoms with Crippen LogP contribution in [0.4, 0.5) is 0 Å². The molecule has 1 aliphatic rings. The second-order valence-electron chi connectivity index (χ2n) is 5.34. The Morgan fingerprint density at radius 2 is 1.78 bits per heavy atom.